The Morgan fingerprint density at radius 3 is 2.58 bits per heavy atom. The summed E-state index contributed by atoms with van der Waals surface area (Å²) in [6.45, 7) is 4.77. The Balaban J connectivity index is 3.13. The summed E-state index contributed by atoms with van der Waals surface area (Å²) in [5.74, 6) is 0. The van der Waals surface area contributed by atoms with Crippen molar-refractivity contribution in [3.63, 3.8) is 0 Å². The number of hydrogen-bond acceptors (Lipinski definition) is 3. The zero-order valence-electron chi connectivity index (χ0n) is 7.67. The van der Waals surface area contributed by atoms with Crippen molar-refractivity contribution in [3.8, 4) is 0 Å². The molecule has 1 heterocycles. The van der Waals surface area contributed by atoms with Gasteiger partial charge in [-0.15, -0.1) is 0 Å². The molecule has 0 bridgehead atoms. The lowest BCUT2D eigenvalue weighted by Gasteiger charge is -2.07. The van der Waals surface area contributed by atoms with Crippen LogP contribution >= 0.6 is 0 Å². The highest BCUT2D eigenvalue weighted by atomic mass is 15.1. The number of hydrogen-bond donors (Lipinski definition) is 1. The molecule has 2 N–H and O–H groups in total. The minimum absolute atomic E-state index is 0.561. The highest BCUT2D eigenvalue weighted by Crippen LogP contribution is 2.11. The van der Waals surface area contributed by atoms with Crippen molar-refractivity contribution in [3.05, 3.63) is 23.0 Å². The summed E-state index contributed by atoms with van der Waals surface area (Å²) >= 11 is 0. The van der Waals surface area contributed by atoms with Crippen LogP contribution in [0.25, 0.3) is 0 Å². The van der Waals surface area contributed by atoms with Gasteiger partial charge in [0.05, 0.1) is 11.9 Å². The van der Waals surface area contributed by atoms with Crippen LogP contribution in [0, 0.1) is 0 Å². The quantitative estimate of drug-likeness (QED) is 0.728. The molecule has 0 fully saturated rings. The van der Waals surface area contributed by atoms with Crippen LogP contribution in [0.2, 0.25) is 0 Å². The fraction of sp³-hybridized carbons (Fsp3) is 0.556. The first-order valence-corrected chi connectivity index (χ1v) is 4.35. The molecule has 12 heavy (non-hydrogen) atoms. The van der Waals surface area contributed by atoms with Gasteiger partial charge in [-0.25, -0.2) is 0 Å². The monoisotopic (exact) mass is 165 g/mol. The van der Waals surface area contributed by atoms with E-state index < -0.39 is 0 Å². The third-order valence-electron chi connectivity index (χ3n) is 2.04. The number of aromatic nitrogens is 2. The Labute approximate surface area is 73.0 Å². The number of aryl methyl sites for hydroxylation is 1. The van der Waals surface area contributed by atoms with Gasteiger partial charge in [0, 0.05) is 6.54 Å². The highest BCUT2D eigenvalue weighted by molar-refractivity contribution is 5.27. The second-order valence-corrected chi connectivity index (χ2v) is 2.71. The van der Waals surface area contributed by atoms with E-state index in [9.17, 15) is 0 Å². The van der Waals surface area contributed by atoms with Crippen LogP contribution in [0.4, 0.5) is 0 Å². The summed E-state index contributed by atoms with van der Waals surface area (Å²) in [7, 11) is 0. The van der Waals surface area contributed by atoms with E-state index in [0.717, 1.165) is 24.1 Å². The Morgan fingerprint density at radius 2 is 2.08 bits per heavy atom. The van der Waals surface area contributed by atoms with Crippen molar-refractivity contribution >= 4 is 0 Å². The molecular weight excluding hydrogens is 150 g/mol. The smallest absolute Gasteiger partial charge is 0.0663 e. The molecule has 66 valence electrons. The molecule has 0 radical (unpaired) electrons. The van der Waals surface area contributed by atoms with Gasteiger partial charge in [-0.1, -0.05) is 13.8 Å². The second-order valence-electron chi connectivity index (χ2n) is 2.71. The minimum Gasteiger partial charge on any atom is -0.326 e. The first-order valence-electron chi connectivity index (χ1n) is 4.35. The van der Waals surface area contributed by atoms with Crippen LogP contribution in [0.1, 0.15) is 30.7 Å². The van der Waals surface area contributed by atoms with Crippen LogP contribution in [-0.2, 0) is 19.4 Å². The summed E-state index contributed by atoms with van der Waals surface area (Å²) in [6.07, 6.45) is 3.69. The fourth-order valence-corrected chi connectivity index (χ4v) is 1.38. The van der Waals surface area contributed by atoms with E-state index in [1.807, 2.05) is 0 Å². The van der Waals surface area contributed by atoms with Gasteiger partial charge < -0.3 is 5.73 Å². The molecule has 0 aromatic carbocycles. The van der Waals surface area contributed by atoms with Crippen LogP contribution in [0.3, 0.4) is 0 Å². The normalized spacial score (nSPS) is 10.2. The molecule has 0 saturated heterocycles. The standard InChI is InChI=1S/C9H15N3/c1-3-8-7(5-10)6-11-12-9(8)4-2/h6H,3-5,10H2,1-2H3. The summed E-state index contributed by atoms with van der Waals surface area (Å²) in [5, 5.41) is 7.98. The number of nitrogens with two attached hydrogens (primary N) is 1. The summed E-state index contributed by atoms with van der Waals surface area (Å²) in [6, 6.07) is 0. The first kappa shape index (κ1) is 9.13. The minimum atomic E-state index is 0.561. The van der Waals surface area contributed by atoms with Crippen LogP contribution in [-0.4, -0.2) is 10.2 Å². The summed E-state index contributed by atoms with van der Waals surface area (Å²) < 4.78 is 0. The van der Waals surface area contributed by atoms with Crippen LogP contribution in [0.15, 0.2) is 6.20 Å². The van der Waals surface area contributed by atoms with E-state index >= 15 is 0 Å². The van der Waals surface area contributed by atoms with Crippen molar-refractivity contribution in [2.45, 2.75) is 33.2 Å². The van der Waals surface area contributed by atoms with E-state index in [1.54, 1.807) is 6.20 Å². The maximum atomic E-state index is 5.58. The van der Waals surface area contributed by atoms with Crippen LogP contribution in [0.5, 0.6) is 0 Å². The van der Waals surface area contributed by atoms with E-state index in [-0.39, 0.29) is 0 Å². The molecule has 0 aliphatic rings. The lowest BCUT2D eigenvalue weighted by Crippen LogP contribution is -2.07. The Kier molecular flexibility index (Phi) is 3.17. The van der Waals surface area contributed by atoms with Gasteiger partial charge in [-0.3, -0.25) is 0 Å². The zero-order valence-corrected chi connectivity index (χ0v) is 7.67. The second kappa shape index (κ2) is 4.16. The Bertz CT molecular complexity index is 236. The van der Waals surface area contributed by atoms with Crippen molar-refractivity contribution in [2.75, 3.05) is 0 Å². The highest BCUT2D eigenvalue weighted by Gasteiger charge is 2.05. The third-order valence-corrected chi connectivity index (χ3v) is 2.04. The summed E-state index contributed by atoms with van der Waals surface area (Å²) in [5.41, 5.74) is 9.07. The van der Waals surface area contributed by atoms with Gasteiger partial charge in [0.15, 0.2) is 0 Å². The average Bonchev–Trinajstić information content (AvgIpc) is 2.16. The lowest BCUT2D eigenvalue weighted by molar-refractivity contribution is 0.842. The maximum absolute atomic E-state index is 5.58. The molecule has 1 aromatic heterocycles. The van der Waals surface area contributed by atoms with Gasteiger partial charge >= 0.3 is 0 Å². The van der Waals surface area contributed by atoms with Gasteiger partial charge in [0.1, 0.15) is 0 Å². The van der Waals surface area contributed by atoms with Crippen molar-refractivity contribution in [2.24, 2.45) is 5.73 Å². The SMILES string of the molecule is CCc1nncc(CN)c1CC. The maximum Gasteiger partial charge on any atom is 0.0663 e. The van der Waals surface area contributed by atoms with E-state index in [2.05, 4.69) is 24.0 Å². The summed E-state index contributed by atoms with van der Waals surface area (Å²) in [4.78, 5) is 0. The predicted molar refractivity (Wildman–Crippen MR) is 48.7 cm³/mol. The van der Waals surface area contributed by atoms with Crippen molar-refractivity contribution < 1.29 is 0 Å². The van der Waals surface area contributed by atoms with Crippen molar-refractivity contribution in [1.29, 1.82) is 0 Å². The first-order chi connectivity index (χ1) is 5.83. The molecule has 3 nitrogen and oxygen atoms in total. The van der Waals surface area contributed by atoms with E-state index in [0.29, 0.717) is 6.54 Å². The van der Waals surface area contributed by atoms with Gasteiger partial charge in [-0.05, 0) is 24.0 Å². The molecular formula is C9H15N3. The lowest BCUT2D eigenvalue weighted by atomic mass is 10.0. The zero-order chi connectivity index (χ0) is 8.97. The third kappa shape index (κ3) is 1.61. The molecule has 0 atom stereocenters. The van der Waals surface area contributed by atoms with E-state index in [1.165, 1.54) is 5.56 Å². The molecule has 1 rings (SSSR count). The number of rotatable bonds is 3. The molecule has 0 amide bonds. The van der Waals surface area contributed by atoms with Crippen molar-refractivity contribution in [1.82, 2.24) is 10.2 Å². The predicted octanol–water partition coefficient (Wildman–Crippen LogP) is 1.06. The van der Waals surface area contributed by atoms with Gasteiger partial charge in [0.25, 0.3) is 0 Å². The number of nitrogens with zero attached hydrogens (tertiary/aromatic N) is 2. The average molecular weight is 165 g/mol. The van der Waals surface area contributed by atoms with Gasteiger partial charge in [-0.2, -0.15) is 10.2 Å². The topological polar surface area (TPSA) is 51.8 Å². The van der Waals surface area contributed by atoms with Gasteiger partial charge in [0.2, 0.25) is 0 Å². The molecule has 0 aliphatic heterocycles. The molecule has 0 saturated carbocycles. The van der Waals surface area contributed by atoms with Crippen LogP contribution < -0.4 is 5.73 Å². The Morgan fingerprint density at radius 1 is 1.33 bits per heavy atom. The molecule has 0 spiro atoms. The molecule has 1 aromatic rings. The largest absolute Gasteiger partial charge is 0.326 e. The molecule has 0 aliphatic carbocycles. The molecule has 3 heteroatoms. The molecule has 0 unspecified atom stereocenters. The van der Waals surface area contributed by atoms with E-state index in [4.69, 9.17) is 5.73 Å². The fourth-order valence-electron chi connectivity index (χ4n) is 1.38. The Hall–Kier alpha value is -0.960.